The van der Waals surface area contributed by atoms with Crippen LogP contribution in [0.15, 0.2) is 0 Å². The van der Waals surface area contributed by atoms with E-state index in [-0.39, 0.29) is 5.91 Å². The highest BCUT2D eigenvalue weighted by atomic mass is 35.5. The number of likely N-dealkylation sites (tertiary alicyclic amines) is 1. The van der Waals surface area contributed by atoms with Crippen LogP contribution in [0.2, 0.25) is 0 Å². The number of alkyl halides is 1. The lowest BCUT2D eigenvalue weighted by Crippen LogP contribution is -2.35. The Bertz CT molecular complexity index is 221. The molecule has 3 nitrogen and oxygen atoms in total. The summed E-state index contributed by atoms with van der Waals surface area (Å²) in [5, 5.41) is 0. The van der Waals surface area contributed by atoms with Gasteiger partial charge in [-0.25, -0.2) is 0 Å². The Balaban J connectivity index is 2.43. The molecular weight excluding hydrogens is 212 g/mol. The Kier molecular flexibility index (Phi) is 4.87. The lowest BCUT2D eigenvalue weighted by Gasteiger charge is -2.22. The van der Waals surface area contributed by atoms with E-state index >= 15 is 0 Å². The predicted octanol–water partition coefficient (Wildman–Crippen LogP) is 1.41. The third kappa shape index (κ3) is 3.35. The van der Waals surface area contributed by atoms with Crippen LogP contribution in [0.4, 0.5) is 0 Å². The molecule has 15 heavy (non-hydrogen) atoms. The van der Waals surface area contributed by atoms with E-state index in [0.717, 1.165) is 19.5 Å². The highest BCUT2D eigenvalue weighted by molar-refractivity contribution is 6.17. The van der Waals surface area contributed by atoms with E-state index in [1.54, 1.807) is 0 Å². The summed E-state index contributed by atoms with van der Waals surface area (Å²) >= 11 is 5.58. The van der Waals surface area contributed by atoms with Gasteiger partial charge in [0.15, 0.2) is 0 Å². The summed E-state index contributed by atoms with van der Waals surface area (Å²) in [5.41, 5.74) is 0. The fraction of sp³-hybridized carbons (Fsp3) is 0.909. The van der Waals surface area contributed by atoms with Crippen molar-refractivity contribution >= 4 is 17.5 Å². The van der Waals surface area contributed by atoms with E-state index in [4.69, 9.17) is 11.6 Å². The molecule has 0 aromatic rings. The largest absolute Gasteiger partial charge is 0.341 e. The molecule has 0 radical (unpaired) electrons. The molecule has 1 heterocycles. The Labute approximate surface area is 97.4 Å². The molecule has 1 saturated heterocycles. The molecule has 0 bridgehead atoms. The zero-order valence-corrected chi connectivity index (χ0v) is 10.6. The van der Waals surface area contributed by atoms with Crippen LogP contribution in [0.5, 0.6) is 0 Å². The maximum Gasteiger partial charge on any atom is 0.222 e. The molecule has 0 aliphatic carbocycles. The van der Waals surface area contributed by atoms with Crippen LogP contribution in [-0.4, -0.2) is 54.8 Å². The number of hydrogen-bond donors (Lipinski definition) is 0. The van der Waals surface area contributed by atoms with Gasteiger partial charge in [0.2, 0.25) is 5.91 Å². The Morgan fingerprint density at radius 1 is 1.47 bits per heavy atom. The molecule has 1 aliphatic rings. The molecule has 4 heteroatoms. The quantitative estimate of drug-likeness (QED) is 0.685. The highest BCUT2D eigenvalue weighted by Crippen LogP contribution is 2.20. The van der Waals surface area contributed by atoms with Gasteiger partial charge in [-0.1, -0.05) is 6.92 Å². The minimum atomic E-state index is 0.256. The van der Waals surface area contributed by atoms with Crippen molar-refractivity contribution in [1.82, 2.24) is 9.80 Å². The molecule has 0 spiro atoms. The van der Waals surface area contributed by atoms with Crippen LogP contribution in [0, 0.1) is 5.92 Å². The second-order valence-corrected chi connectivity index (χ2v) is 4.98. The molecule has 0 aromatic heterocycles. The lowest BCUT2D eigenvalue weighted by atomic mass is 10.1. The first-order chi connectivity index (χ1) is 7.06. The average Bonchev–Trinajstić information content (AvgIpc) is 2.56. The zero-order chi connectivity index (χ0) is 11.4. The van der Waals surface area contributed by atoms with Crippen molar-refractivity contribution in [3.8, 4) is 0 Å². The first-order valence-corrected chi connectivity index (χ1v) is 6.10. The molecule has 1 fully saturated rings. The first kappa shape index (κ1) is 12.8. The second-order valence-electron chi connectivity index (χ2n) is 4.60. The summed E-state index contributed by atoms with van der Waals surface area (Å²) < 4.78 is 0. The van der Waals surface area contributed by atoms with E-state index in [1.807, 2.05) is 4.90 Å². The third-order valence-corrected chi connectivity index (χ3v) is 3.38. The van der Waals surface area contributed by atoms with Crippen molar-refractivity contribution in [3.05, 3.63) is 0 Å². The number of carbonyl (C=O) groups excluding carboxylic acids is 1. The summed E-state index contributed by atoms with van der Waals surface area (Å²) in [6, 6.07) is 0.505. The molecular formula is C11H21ClN2O. The monoisotopic (exact) mass is 232 g/mol. The summed E-state index contributed by atoms with van der Waals surface area (Å²) in [7, 11) is 4.15. The maximum absolute atomic E-state index is 11.8. The van der Waals surface area contributed by atoms with Crippen molar-refractivity contribution in [2.24, 2.45) is 5.92 Å². The van der Waals surface area contributed by atoms with Gasteiger partial charge in [-0.3, -0.25) is 4.79 Å². The van der Waals surface area contributed by atoms with Gasteiger partial charge in [0.05, 0.1) is 0 Å². The Morgan fingerprint density at radius 3 is 2.60 bits per heavy atom. The first-order valence-electron chi connectivity index (χ1n) is 5.56. The number of likely N-dealkylation sites (N-methyl/N-ethyl adjacent to an activating group) is 1. The number of carbonyl (C=O) groups is 1. The highest BCUT2D eigenvalue weighted by Gasteiger charge is 2.32. The van der Waals surface area contributed by atoms with E-state index in [2.05, 4.69) is 25.9 Å². The Morgan fingerprint density at radius 2 is 2.13 bits per heavy atom. The van der Waals surface area contributed by atoms with Gasteiger partial charge < -0.3 is 9.80 Å². The van der Waals surface area contributed by atoms with Gasteiger partial charge in [-0.15, -0.1) is 11.6 Å². The fourth-order valence-electron chi connectivity index (χ4n) is 2.20. The standard InChI is InChI=1S/C11H21ClN2O/c1-9-7-14(8-10(9)13(2)3)11(15)5-4-6-12/h9-10H,4-8H2,1-3H3. The van der Waals surface area contributed by atoms with Crippen LogP contribution in [0.3, 0.4) is 0 Å². The van der Waals surface area contributed by atoms with Crippen LogP contribution in [0.25, 0.3) is 0 Å². The molecule has 1 rings (SSSR count). The van der Waals surface area contributed by atoms with Crippen LogP contribution in [0.1, 0.15) is 19.8 Å². The summed E-state index contributed by atoms with van der Waals surface area (Å²) in [5.74, 6) is 1.40. The number of amides is 1. The van der Waals surface area contributed by atoms with Gasteiger partial charge in [-0.05, 0) is 26.4 Å². The third-order valence-electron chi connectivity index (χ3n) is 3.11. The minimum Gasteiger partial charge on any atom is -0.341 e. The smallest absolute Gasteiger partial charge is 0.222 e. The Hall–Kier alpha value is -0.280. The molecule has 88 valence electrons. The van der Waals surface area contributed by atoms with Gasteiger partial charge in [0.25, 0.3) is 0 Å². The predicted molar refractivity (Wildman–Crippen MR) is 63.2 cm³/mol. The molecule has 0 N–H and O–H groups in total. The second kappa shape index (κ2) is 5.71. The summed E-state index contributed by atoms with van der Waals surface area (Å²) in [6.45, 7) is 3.97. The molecule has 0 saturated carbocycles. The van der Waals surface area contributed by atoms with E-state index in [0.29, 0.717) is 24.3 Å². The topological polar surface area (TPSA) is 23.6 Å². The SMILES string of the molecule is CC1CN(C(=O)CCCCl)CC1N(C)C. The average molecular weight is 233 g/mol. The maximum atomic E-state index is 11.8. The zero-order valence-electron chi connectivity index (χ0n) is 9.87. The van der Waals surface area contributed by atoms with Crippen molar-refractivity contribution in [2.45, 2.75) is 25.8 Å². The normalized spacial score (nSPS) is 26.3. The lowest BCUT2D eigenvalue weighted by molar-refractivity contribution is -0.130. The van der Waals surface area contributed by atoms with Gasteiger partial charge in [0.1, 0.15) is 0 Å². The van der Waals surface area contributed by atoms with Crippen LogP contribution < -0.4 is 0 Å². The number of nitrogens with zero attached hydrogens (tertiary/aromatic N) is 2. The van der Waals surface area contributed by atoms with Gasteiger partial charge in [0, 0.05) is 31.4 Å². The van der Waals surface area contributed by atoms with E-state index in [9.17, 15) is 4.79 Å². The number of halogens is 1. The van der Waals surface area contributed by atoms with Gasteiger partial charge >= 0.3 is 0 Å². The van der Waals surface area contributed by atoms with Crippen molar-refractivity contribution in [1.29, 1.82) is 0 Å². The molecule has 1 amide bonds. The molecule has 2 unspecified atom stereocenters. The molecule has 1 aliphatic heterocycles. The van der Waals surface area contributed by atoms with Crippen LogP contribution >= 0.6 is 11.6 Å². The van der Waals surface area contributed by atoms with E-state index < -0.39 is 0 Å². The summed E-state index contributed by atoms with van der Waals surface area (Å²) in [6.07, 6.45) is 1.38. The summed E-state index contributed by atoms with van der Waals surface area (Å²) in [4.78, 5) is 15.9. The molecule has 2 atom stereocenters. The van der Waals surface area contributed by atoms with Gasteiger partial charge in [-0.2, -0.15) is 0 Å². The number of hydrogen-bond acceptors (Lipinski definition) is 2. The van der Waals surface area contributed by atoms with Crippen molar-refractivity contribution in [2.75, 3.05) is 33.1 Å². The molecule has 0 aromatic carbocycles. The van der Waals surface area contributed by atoms with Crippen LogP contribution in [-0.2, 0) is 4.79 Å². The van der Waals surface area contributed by atoms with Crippen molar-refractivity contribution in [3.63, 3.8) is 0 Å². The number of rotatable bonds is 4. The minimum absolute atomic E-state index is 0.256. The van der Waals surface area contributed by atoms with E-state index in [1.165, 1.54) is 0 Å². The fourth-order valence-corrected chi connectivity index (χ4v) is 2.34. The van der Waals surface area contributed by atoms with Crippen molar-refractivity contribution < 1.29 is 4.79 Å².